The number of para-hydroxylation sites is 1. The number of hydrogen-bond donors (Lipinski definition) is 2. The van der Waals surface area contributed by atoms with Gasteiger partial charge in [-0.25, -0.2) is 17.2 Å². The molecule has 2 N–H and O–H groups in total. The molecule has 6 nitrogen and oxygen atoms in total. The highest BCUT2D eigenvalue weighted by molar-refractivity contribution is 7.89. The van der Waals surface area contributed by atoms with E-state index in [1.165, 1.54) is 25.1 Å². The van der Waals surface area contributed by atoms with Gasteiger partial charge < -0.3 is 10.1 Å². The Kier molecular flexibility index (Phi) is 6.50. The lowest BCUT2D eigenvalue weighted by atomic mass is 10.2. The standard InChI is InChI=1S/C18H20F2N2O4S/c1-4-26-16-9-8-13(10-11(16)2)27(24,25)22-12(3)18(23)21-17-14(19)6-5-7-15(17)20/h5-10,12,22H,4H2,1-3H3,(H,21,23)/t12-/m1/s1. The monoisotopic (exact) mass is 398 g/mol. The Morgan fingerprint density at radius 2 is 1.81 bits per heavy atom. The van der Waals surface area contributed by atoms with Crippen LogP contribution in [0.3, 0.4) is 0 Å². The third kappa shape index (κ3) is 5.01. The first-order valence-corrected chi connectivity index (χ1v) is 9.64. The molecule has 2 aromatic rings. The van der Waals surface area contributed by atoms with E-state index in [4.69, 9.17) is 4.74 Å². The second kappa shape index (κ2) is 8.45. The second-order valence-corrected chi connectivity index (χ2v) is 7.50. The van der Waals surface area contributed by atoms with E-state index >= 15 is 0 Å². The maximum absolute atomic E-state index is 13.6. The van der Waals surface area contributed by atoms with E-state index in [2.05, 4.69) is 10.0 Å². The first-order chi connectivity index (χ1) is 12.7. The maximum atomic E-state index is 13.6. The average molecular weight is 398 g/mol. The first-order valence-electron chi connectivity index (χ1n) is 8.16. The summed E-state index contributed by atoms with van der Waals surface area (Å²) in [6.45, 7) is 5.22. The average Bonchev–Trinajstić information content (AvgIpc) is 2.59. The summed E-state index contributed by atoms with van der Waals surface area (Å²) in [5.41, 5.74) is -0.0179. The van der Waals surface area contributed by atoms with Crippen molar-refractivity contribution in [1.29, 1.82) is 0 Å². The van der Waals surface area contributed by atoms with Crippen molar-refractivity contribution in [3.8, 4) is 5.75 Å². The van der Waals surface area contributed by atoms with Crippen LogP contribution in [0.4, 0.5) is 14.5 Å². The molecule has 0 unspecified atom stereocenters. The summed E-state index contributed by atoms with van der Waals surface area (Å²) < 4.78 is 59.7. The first kappa shape index (κ1) is 20.8. The highest BCUT2D eigenvalue weighted by Gasteiger charge is 2.24. The van der Waals surface area contributed by atoms with Gasteiger partial charge in [-0.2, -0.15) is 4.72 Å². The molecule has 9 heteroatoms. The molecule has 0 fully saturated rings. The number of amides is 1. The number of halogens is 2. The summed E-state index contributed by atoms with van der Waals surface area (Å²) in [6.07, 6.45) is 0. The number of rotatable bonds is 7. The fourth-order valence-corrected chi connectivity index (χ4v) is 3.60. The quantitative estimate of drug-likeness (QED) is 0.751. The zero-order chi connectivity index (χ0) is 20.2. The summed E-state index contributed by atoms with van der Waals surface area (Å²) >= 11 is 0. The van der Waals surface area contributed by atoms with Crippen LogP contribution in [0.25, 0.3) is 0 Å². The molecule has 0 aliphatic rings. The number of sulfonamides is 1. The molecular weight excluding hydrogens is 378 g/mol. The van der Waals surface area contributed by atoms with Crippen LogP contribution in [0.1, 0.15) is 19.4 Å². The molecule has 0 aliphatic carbocycles. The molecule has 0 aliphatic heterocycles. The molecule has 0 bridgehead atoms. The number of anilines is 1. The predicted molar refractivity (Wildman–Crippen MR) is 97.1 cm³/mol. The summed E-state index contributed by atoms with van der Waals surface area (Å²) in [4.78, 5) is 12.1. The number of ether oxygens (including phenoxy) is 1. The van der Waals surface area contributed by atoms with Gasteiger partial charge in [-0.15, -0.1) is 0 Å². The number of nitrogens with one attached hydrogen (secondary N) is 2. The van der Waals surface area contributed by atoms with Crippen LogP contribution in [0.2, 0.25) is 0 Å². The topological polar surface area (TPSA) is 84.5 Å². The van der Waals surface area contributed by atoms with E-state index in [1.807, 2.05) is 6.92 Å². The molecule has 0 aromatic heterocycles. The van der Waals surface area contributed by atoms with Gasteiger partial charge in [0.15, 0.2) is 0 Å². The normalized spacial score (nSPS) is 12.5. The summed E-state index contributed by atoms with van der Waals surface area (Å²) in [5, 5.41) is 2.05. The van der Waals surface area contributed by atoms with Gasteiger partial charge in [-0.3, -0.25) is 4.79 Å². The van der Waals surface area contributed by atoms with E-state index in [9.17, 15) is 22.0 Å². The minimum absolute atomic E-state index is 0.0554. The maximum Gasteiger partial charge on any atom is 0.242 e. The Labute approximate surface area is 156 Å². The SMILES string of the molecule is CCOc1ccc(S(=O)(=O)N[C@H](C)C(=O)Nc2c(F)cccc2F)cc1C. The van der Waals surface area contributed by atoms with Crippen molar-refractivity contribution < 1.29 is 26.7 Å². The summed E-state index contributed by atoms with van der Waals surface area (Å²) in [7, 11) is -4.03. The van der Waals surface area contributed by atoms with Crippen molar-refractivity contribution in [1.82, 2.24) is 4.72 Å². The predicted octanol–water partition coefficient (Wildman–Crippen LogP) is 2.98. The molecule has 0 saturated heterocycles. The molecule has 0 saturated carbocycles. The summed E-state index contributed by atoms with van der Waals surface area (Å²) in [5.74, 6) is -2.26. The fraction of sp³-hybridized carbons (Fsp3) is 0.278. The van der Waals surface area contributed by atoms with Gasteiger partial charge in [0.05, 0.1) is 17.5 Å². The van der Waals surface area contributed by atoms with Gasteiger partial charge in [0.1, 0.15) is 23.1 Å². The number of aryl methyl sites for hydroxylation is 1. The highest BCUT2D eigenvalue weighted by atomic mass is 32.2. The number of benzene rings is 2. The lowest BCUT2D eigenvalue weighted by molar-refractivity contribution is -0.117. The Hall–Kier alpha value is -2.52. The van der Waals surface area contributed by atoms with E-state index in [1.54, 1.807) is 6.92 Å². The van der Waals surface area contributed by atoms with Gasteiger partial charge in [-0.05, 0) is 56.7 Å². The summed E-state index contributed by atoms with van der Waals surface area (Å²) in [6, 6.07) is 6.14. The molecule has 0 spiro atoms. The minimum atomic E-state index is -4.03. The van der Waals surface area contributed by atoms with Gasteiger partial charge in [0.25, 0.3) is 0 Å². The minimum Gasteiger partial charge on any atom is -0.494 e. The smallest absolute Gasteiger partial charge is 0.242 e. The lowest BCUT2D eigenvalue weighted by Crippen LogP contribution is -2.41. The Bertz CT molecular complexity index is 928. The van der Waals surface area contributed by atoms with E-state index in [0.29, 0.717) is 17.9 Å². The Morgan fingerprint density at radius 3 is 2.37 bits per heavy atom. The van der Waals surface area contributed by atoms with Gasteiger partial charge >= 0.3 is 0 Å². The van der Waals surface area contributed by atoms with Crippen LogP contribution in [0, 0.1) is 18.6 Å². The molecule has 27 heavy (non-hydrogen) atoms. The van der Waals surface area contributed by atoms with Crippen molar-refractivity contribution in [3.63, 3.8) is 0 Å². The van der Waals surface area contributed by atoms with Crippen LogP contribution in [-0.4, -0.2) is 27.0 Å². The van der Waals surface area contributed by atoms with Crippen LogP contribution in [0.5, 0.6) is 5.75 Å². The zero-order valence-electron chi connectivity index (χ0n) is 15.0. The van der Waals surface area contributed by atoms with E-state index in [0.717, 1.165) is 18.2 Å². The molecule has 2 rings (SSSR count). The van der Waals surface area contributed by atoms with Crippen LogP contribution >= 0.6 is 0 Å². The van der Waals surface area contributed by atoms with Crippen molar-refractivity contribution in [2.75, 3.05) is 11.9 Å². The van der Waals surface area contributed by atoms with E-state index in [-0.39, 0.29) is 4.90 Å². The molecular formula is C18H20F2N2O4S. The van der Waals surface area contributed by atoms with Crippen LogP contribution in [-0.2, 0) is 14.8 Å². The highest BCUT2D eigenvalue weighted by Crippen LogP contribution is 2.22. The molecule has 1 amide bonds. The van der Waals surface area contributed by atoms with Gasteiger partial charge in [0, 0.05) is 0 Å². The van der Waals surface area contributed by atoms with Crippen molar-refractivity contribution in [2.24, 2.45) is 0 Å². The van der Waals surface area contributed by atoms with Crippen LogP contribution in [0.15, 0.2) is 41.3 Å². The second-order valence-electron chi connectivity index (χ2n) is 5.79. The van der Waals surface area contributed by atoms with Crippen molar-refractivity contribution >= 4 is 21.6 Å². The number of hydrogen-bond acceptors (Lipinski definition) is 4. The van der Waals surface area contributed by atoms with Crippen molar-refractivity contribution in [2.45, 2.75) is 31.7 Å². The number of carbonyl (C=O) groups is 1. The molecule has 146 valence electrons. The third-order valence-corrected chi connectivity index (χ3v) is 5.23. The molecule has 1 atom stereocenters. The Morgan fingerprint density at radius 1 is 1.19 bits per heavy atom. The third-order valence-electron chi connectivity index (χ3n) is 3.69. The molecule has 2 aromatic carbocycles. The fourth-order valence-electron chi connectivity index (χ4n) is 2.31. The molecule has 0 heterocycles. The number of carbonyl (C=O) groups excluding carboxylic acids is 1. The van der Waals surface area contributed by atoms with Gasteiger partial charge in [0.2, 0.25) is 15.9 Å². The Balaban J connectivity index is 2.14. The largest absolute Gasteiger partial charge is 0.494 e. The van der Waals surface area contributed by atoms with Gasteiger partial charge in [-0.1, -0.05) is 6.07 Å². The van der Waals surface area contributed by atoms with Crippen LogP contribution < -0.4 is 14.8 Å². The lowest BCUT2D eigenvalue weighted by Gasteiger charge is -2.16. The molecule has 0 radical (unpaired) electrons. The zero-order valence-corrected chi connectivity index (χ0v) is 15.9. The van der Waals surface area contributed by atoms with E-state index < -0.39 is 39.3 Å². The van der Waals surface area contributed by atoms with Crippen molar-refractivity contribution in [3.05, 3.63) is 53.6 Å².